The Morgan fingerprint density at radius 1 is 0.857 bits per heavy atom. The lowest BCUT2D eigenvalue weighted by Crippen LogP contribution is -2.46. The van der Waals surface area contributed by atoms with Crippen molar-refractivity contribution >= 4 is 41.7 Å². The van der Waals surface area contributed by atoms with E-state index in [1.54, 1.807) is 0 Å². The summed E-state index contributed by atoms with van der Waals surface area (Å²) < 4.78 is 27.6. The van der Waals surface area contributed by atoms with Crippen molar-refractivity contribution in [1.82, 2.24) is 9.34 Å². The van der Waals surface area contributed by atoms with Crippen molar-refractivity contribution in [1.29, 1.82) is 0 Å². The van der Waals surface area contributed by atoms with Crippen LogP contribution in [0.1, 0.15) is 5.76 Å². The van der Waals surface area contributed by atoms with Crippen molar-refractivity contribution in [3.05, 3.63) is 46.1 Å². The summed E-state index contributed by atoms with van der Waals surface area (Å²) in [6.07, 6.45) is 0. The zero-order valence-corrected chi connectivity index (χ0v) is 18.2. The van der Waals surface area contributed by atoms with E-state index in [4.69, 9.17) is 41.8 Å². The Kier molecular flexibility index (Phi) is 6.48. The number of furan rings is 1. The Bertz CT molecular complexity index is 835. The van der Waals surface area contributed by atoms with Gasteiger partial charge in [0.2, 0.25) is 0 Å². The Morgan fingerprint density at radius 3 is 1.86 bits per heavy atom. The molecule has 0 saturated carbocycles. The van der Waals surface area contributed by atoms with Crippen molar-refractivity contribution in [2.24, 2.45) is 4.74 Å². The second kappa shape index (κ2) is 8.88. The first-order chi connectivity index (χ1) is 13.6. The summed E-state index contributed by atoms with van der Waals surface area (Å²) in [5.74, 6) is 0.862. The highest BCUT2D eigenvalue weighted by Crippen LogP contribution is 2.59. The van der Waals surface area contributed by atoms with Crippen LogP contribution in [0.2, 0.25) is 10.0 Å². The van der Waals surface area contributed by atoms with Crippen LogP contribution in [0.5, 0.6) is 0 Å². The summed E-state index contributed by atoms with van der Waals surface area (Å²) in [4.78, 5) is 0. The third-order valence-corrected chi connectivity index (χ3v) is 9.26. The fraction of sp³-hybridized carbons (Fsp3) is 0.474. The Hall–Kier alpha value is -0.850. The standard InChI is InChI=1S/C19H24Cl2N3O3P/c1-15-5-6-18(27-15)28(23-7-11-25-12-8-23,24-9-13-26-14-10-24)22-19-16(20)3-2-4-17(19)21/h2-6H,7-14H2,1H3. The second-order valence-corrected chi connectivity index (χ2v) is 10.5. The molecule has 3 heterocycles. The molecule has 152 valence electrons. The lowest BCUT2D eigenvalue weighted by molar-refractivity contribution is 0.0575. The average molecular weight is 444 g/mol. The minimum atomic E-state index is -2.46. The summed E-state index contributed by atoms with van der Waals surface area (Å²) >= 11 is 13.1. The second-order valence-electron chi connectivity index (χ2n) is 6.75. The van der Waals surface area contributed by atoms with E-state index in [0.717, 1.165) is 37.4 Å². The topological polar surface area (TPSA) is 50.4 Å². The van der Waals surface area contributed by atoms with Crippen LogP contribution in [-0.2, 0) is 9.47 Å². The summed E-state index contributed by atoms with van der Waals surface area (Å²) in [5.41, 5.74) is 1.48. The number of hydrogen-bond acceptors (Lipinski definition) is 4. The molecule has 0 spiro atoms. The molecule has 2 aliphatic heterocycles. The molecule has 0 unspecified atom stereocenters. The van der Waals surface area contributed by atoms with Gasteiger partial charge in [0.15, 0.2) is 12.9 Å². The number of nitrogens with zero attached hydrogens (tertiary/aromatic N) is 3. The first-order valence-electron chi connectivity index (χ1n) is 9.41. The fourth-order valence-electron chi connectivity index (χ4n) is 3.61. The number of morpholine rings is 2. The van der Waals surface area contributed by atoms with Crippen molar-refractivity contribution in [2.75, 3.05) is 52.6 Å². The van der Waals surface area contributed by atoms with Crippen LogP contribution in [0.15, 0.2) is 39.5 Å². The zero-order valence-electron chi connectivity index (χ0n) is 15.8. The van der Waals surface area contributed by atoms with Gasteiger partial charge in [0, 0.05) is 26.2 Å². The maximum absolute atomic E-state index is 6.53. The lowest BCUT2D eigenvalue weighted by Gasteiger charge is -2.45. The van der Waals surface area contributed by atoms with Gasteiger partial charge in [-0.25, -0.2) is 14.1 Å². The Morgan fingerprint density at radius 2 is 1.39 bits per heavy atom. The van der Waals surface area contributed by atoms with E-state index < -0.39 is 7.36 Å². The van der Waals surface area contributed by atoms with Gasteiger partial charge in [-0.05, 0) is 31.2 Å². The van der Waals surface area contributed by atoms with Gasteiger partial charge in [0.25, 0.3) is 0 Å². The third kappa shape index (κ3) is 3.92. The summed E-state index contributed by atoms with van der Waals surface area (Å²) in [5, 5.41) is 1.09. The van der Waals surface area contributed by atoms with Gasteiger partial charge in [0.05, 0.1) is 36.5 Å². The highest BCUT2D eigenvalue weighted by molar-refractivity contribution is 7.69. The molecule has 1 aromatic carbocycles. The minimum Gasteiger partial charge on any atom is -0.457 e. The van der Waals surface area contributed by atoms with Crippen LogP contribution >= 0.6 is 30.6 Å². The van der Waals surface area contributed by atoms with E-state index in [1.165, 1.54) is 0 Å². The molecule has 4 rings (SSSR count). The van der Waals surface area contributed by atoms with E-state index >= 15 is 0 Å². The predicted molar refractivity (Wildman–Crippen MR) is 113 cm³/mol. The zero-order chi connectivity index (χ0) is 19.6. The Labute approximate surface area is 175 Å². The molecular weight excluding hydrogens is 420 g/mol. The van der Waals surface area contributed by atoms with E-state index in [0.29, 0.717) is 42.2 Å². The van der Waals surface area contributed by atoms with Gasteiger partial charge in [0.1, 0.15) is 11.4 Å². The summed E-state index contributed by atoms with van der Waals surface area (Å²) in [6, 6.07) is 9.53. The maximum Gasteiger partial charge on any atom is 0.172 e. The largest absolute Gasteiger partial charge is 0.457 e. The molecule has 0 bridgehead atoms. The fourth-order valence-corrected chi connectivity index (χ4v) is 7.95. The van der Waals surface area contributed by atoms with Crippen LogP contribution in [0.25, 0.3) is 0 Å². The maximum atomic E-state index is 6.53. The number of aryl methyl sites for hydroxylation is 1. The molecular formula is C19H24Cl2N3O3P. The monoisotopic (exact) mass is 443 g/mol. The molecule has 2 aliphatic rings. The molecule has 0 radical (unpaired) electrons. The molecule has 0 amide bonds. The van der Waals surface area contributed by atoms with Crippen LogP contribution in [0.3, 0.4) is 0 Å². The van der Waals surface area contributed by atoms with Crippen molar-refractivity contribution in [2.45, 2.75) is 6.92 Å². The van der Waals surface area contributed by atoms with E-state index in [1.807, 2.05) is 37.3 Å². The minimum absolute atomic E-state index is 0.543. The Balaban J connectivity index is 1.97. The SMILES string of the molecule is Cc1ccc(P(=Nc2c(Cl)cccc2Cl)(N2CCOCC2)N2CCOCC2)o1. The van der Waals surface area contributed by atoms with Crippen LogP contribution in [0, 0.1) is 6.92 Å². The van der Waals surface area contributed by atoms with Gasteiger partial charge in [-0.2, -0.15) is 0 Å². The van der Waals surface area contributed by atoms with Gasteiger partial charge in [-0.15, -0.1) is 0 Å². The van der Waals surface area contributed by atoms with Gasteiger partial charge in [-0.3, -0.25) is 0 Å². The number of ether oxygens (including phenoxy) is 2. The summed E-state index contributed by atoms with van der Waals surface area (Å²) in [6.45, 7) is 7.71. The predicted octanol–water partition coefficient (Wildman–Crippen LogP) is 4.55. The normalized spacial score (nSPS) is 19.7. The number of hydrogen-bond donors (Lipinski definition) is 0. The molecule has 2 aromatic rings. The molecule has 0 N–H and O–H groups in total. The van der Waals surface area contributed by atoms with Crippen LogP contribution in [0.4, 0.5) is 5.69 Å². The van der Waals surface area contributed by atoms with E-state index in [2.05, 4.69) is 9.34 Å². The van der Waals surface area contributed by atoms with Crippen molar-refractivity contribution in [3.8, 4) is 0 Å². The molecule has 9 heteroatoms. The molecule has 0 aliphatic carbocycles. The number of halogens is 2. The summed E-state index contributed by atoms with van der Waals surface area (Å²) in [7, 11) is -2.46. The van der Waals surface area contributed by atoms with Crippen LogP contribution < -0.4 is 5.50 Å². The molecule has 1 aromatic heterocycles. The molecule has 2 saturated heterocycles. The first-order valence-corrected chi connectivity index (χ1v) is 11.8. The first kappa shape index (κ1) is 20.4. The van der Waals surface area contributed by atoms with Crippen LogP contribution in [-0.4, -0.2) is 61.9 Å². The van der Waals surface area contributed by atoms with E-state index in [9.17, 15) is 0 Å². The quantitative estimate of drug-likeness (QED) is 0.648. The average Bonchev–Trinajstić information content (AvgIpc) is 3.16. The molecule has 0 atom stereocenters. The smallest absolute Gasteiger partial charge is 0.172 e. The molecule has 28 heavy (non-hydrogen) atoms. The molecule has 6 nitrogen and oxygen atoms in total. The van der Waals surface area contributed by atoms with Crippen molar-refractivity contribution in [3.63, 3.8) is 0 Å². The van der Waals surface area contributed by atoms with Gasteiger partial charge in [-0.1, -0.05) is 29.3 Å². The highest BCUT2D eigenvalue weighted by atomic mass is 35.5. The van der Waals surface area contributed by atoms with Gasteiger partial charge >= 0.3 is 0 Å². The number of benzene rings is 1. The van der Waals surface area contributed by atoms with E-state index in [-0.39, 0.29) is 0 Å². The van der Waals surface area contributed by atoms with Gasteiger partial charge < -0.3 is 13.9 Å². The van der Waals surface area contributed by atoms with Crippen molar-refractivity contribution < 1.29 is 13.9 Å². The number of rotatable bonds is 4. The highest BCUT2D eigenvalue weighted by Gasteiger charge is 2.41. The lowest BCUT2D eigenvalue weighted by atomic mass is 10.3. The molecule has 2 fully saturated rings. The third-order valence-electron chi connectivity index (χ3n) is 4.96.